The lowest BCUT2D eigenvalue weighted by Crippen LogP contribution is -2.30. The lowest BCUT2D eigenvalue weighted by atomic mass is 10.0. The number of carbonyl (C=O) groups is 3. The van der Waals surface area contributed by atoms with E-state index < -0.39 is 6.10 Å². The molecule has 0 aromatic rings. The zero-order chi connectivity index (χ0) is 59.2. The van der Waals surface area contributed by atoms with Crippen LogP contribution in [0.2, 0.25) is 0 Å². The van der Waals surface area contributed by atoms with Crippen LogP contribution >= 0.6 is 0 Å². The highest BCUT2D eigenvalue weighted by Crippen LogP contribution is 2.18. The van der Waals surface area contributed by atoms with Crippen molar-refractivity contribution in [2.45, 2.75) is 354 Å². The van der Waals surface area contributed by atoms with Gasteiger partial charge >= 0.3 is 17.9 Å². The Labute approximate surface area is 508 Å². The van der Waals surface area contributed by atoms with Gasteiger partial charge in [0, 0.05) is 19.3 Å². The summed E-state index contributed by atoms with van der Waals surface area (Å²) in [6.07, 6.45) is 94.4. The summed E-state index contributed by atoms with van der Waals surface area (Å²) in [4.78, 5) is 38.4. The zero-order valence-corrected chi connectivity index (χ0v) is 54.2. The summed E-state index contributed by atoms with van der Waals surface area (Å²) in [5, 5.41) is 0. The first kappa shape index (κ1) is 78.3. The van der Waals surface area contributed by atoms with Crippen LogP contribution in [0.15, 0.2) is 97.2 Å². The van der Waals surface area contributed by atoms with E-state index in [1.54, 1.807) is 0 Å². The van der Waals surface area contributed by atoms with Crippen molar-refractivity contribution in [3.8, 4) is 0 Å². The van der Waals surface area contributed by atoms with Crippen molar-refractivity contribution in [1.29, 1.82) is 0 Å². The van der Waals surface area contributed by atoms with Crippen LogP contribution in [0, 0.1) is 0 Å². The van der Waals surface area contributed by atoms with Gasteiger partial charge in [-0.2, -0.15) is 0 Å². The van der Waals surface area contributed by atoms with E-state index in [1.807, 2.05) is 0 Å². The predicted molar refractivity (Wildman–Crippen MR) is 357 cm³/mol. The second-order valence-corrected chi connectivity index (χ2v) is 23.4. The van der Waals surface area contributed by atoms with Crippen molar-refractivity contribution in [3.63, 3.8) is 0 Å². The van der Waals surface area contributed by atoms with Gasteiger partial charge in [0.1, 0.15) is 13.2 Å². The fraction of sp³-hybridized carbons (Fsp3) is 0.750. The van der Waals surface area contributed by atoms with Crippen molar-refractivity contribution in [3.05, 3.63) is 97.2 Å². The first-order valence-electron chi connectivity index (χ1n) is 35.2. The van der Waals surface area contributed by atoms with E-state index in [9.17, 15) is 14.4 Å². The molecular formula is C76H132O6. The first-order chi connectivity index (χ1) is 40.5. The summed E-state index contributed by atoms with van der Waals surface area (Å²) >= 11 is 0. The largest absolute Gasteiger partial charge is 0.462 e. The molecule has 0 aliphatic rings. The van der Waals surface area contributed by atoms with Crippen molar-refractivity contribution in [2.24, 2.45) is 0 Å². The molecule has 0 spiro atoms. The topological polar surface area (TPSA) is 78.9 Å². The SMILES string of the molecule is CC/C=C\C/C=C\C/C=C\C/C=C\C/C=C\CCCCCCCCCCCCCCCC(=O)OCC(COC(=O)CCCCC/C=C\C/C=C\C/C=C\CC)OC(=O)CCCCCCCCCCCCCCCCCCCCCCCC. The van der Waals surface area contributed by atoms with Crippen molar-refractivity contribution in [1.82, 2.24) is 0 Å². The van der Waals surface area contributed by atoms with Gasteiger partial charge in [-0.15, -0.1) is 0 Å². The third-order valence-electron chi connectivity index (χ3n) is 15.3. The number of esters is 3. The van der Waals surface area contributed by atoms with Gasteiger partial charge in [0.15, 0.2) is 6.10 Å². The Bertz CT molecular complexity index is 1590. The maximum absolute atomic E-state index is 13.0. The Morgan fingerprint density at radius 3 is 0.756 bits per heavy atom. The highest BCUT2D eigenvalue weighted by molar-refractivity contribution is 5.71. The van der Waals surface area contributed by atoms with Gasteiger partial charge in [0.2, 0.25) is 0 Å². The molecular weight excluding hydrogens is 1010 g/mol. The van der Waals surface area contributed by atoms with Gasteiger partial charge < -0.3 is 14.2 Å². The van der Waals surface area contributed by atoms with Gasteiger partial charge in [-0.1, -0.05) is 330 Å². The standard InChI is InChI=1S/C76H132O6/c1-4-7-10-13-16-19-22-25-27-29-31-33-35-36-37-38-39-40-41-43-44-46-48-51-54-57-60-63-66-69-75(78)81-72-73(71-80-74(77)68-65-62-59-56-53-50-24-21-18-15-12-9-6-3)82-76(79)70-67-64-61-58-55-52-49-47-45-42-34-32-30-28-26-23-20-17-14-11-8-5-2/h7,9-10,12,16,18-19,21,25,27,31,33,36-37,50,53,73H,4-6,8,11,13-15,17,20,22-24,26,28-30,32,34-35,38-49,51-52,54-72H2,1-3H3/b10-7-,12-9-,19-16-,21-18-,27-25-,33-31-,37-36-,53-50-. The van der Waals surface area contributed by atoms with E-state index in [0.29, 0.717) is 19.3 Å². The predicted octanol–water partition coefficient (Wildman–Crippen LogP) is 24.4. The molecule has 82 heavy (non-hydrogen) atoms. The smallest absolute Gasteiger partial charge is 0.306 e. The maximum atomic E-state index is 13.0. The molecule has 0 rings (SSSR count). The molecule has 0 heterocycles. The molecule has 472 valence electrons. The molecule has 0 aliphatic heterocycles. The summed E-state index contributed by atoms with van der Waals surface area (Å²) in [5.74, 6) is -0.898. The summed E-state index contributed by atoms with van der Waals surface area (Å²) in [7, 11) is 0. The van der Waals surface area contributed by atoms with E-state index in [0.717, 1.165) is 116 Å². The fourth-order valence-corrected chi connectivity index (χ4v) is 10.1. The lowest BCUT2D eigenvalue weighted by Gasteiger charge is -2.18. The monoisotopic (exact) mass is 1140 g/mol. The molecule has 0 aromatic heterocycles. The minimum atomic E-state index is -0.790. The molecule has 0 fully saturated rings. The highest BCUT2D eigenvalue weighted by atomic mass is 16.6. The summed E-state index contributed by atoms with van der Waals surface area (Å²) < 4.78 is 17.0. The normalized spacial score (nSPS) is 12.7. The second-order valence-electron chi connectivity index (χ2n) is 23.4. The molecule has 0 amide bonds. The molecule has 0 radical (unpaired) electrons. The van der Waals surface area contributed by atoms with Gasteiger partial charge in [-0.25, -0.2) is 0 Å². The van der Waals surface area contributed by atoms with Gasteiger partial charge in [0.05, 0.1) is 0 Å². The lowest BCUT2D eigenvalue weighted by molar-refractivity contribution is -0.167. The molecule has 6 nitrogen and oxygen atoms in total. The summed E-state index contributed by atoms with van der Waals surface area (Å²) in [6, 6.07) is 0. The molecule has 0 saturated carbocycles. The average molecular weight is 1140 g/mol. The number of ether oxygens (including phenoxy) is 3. The number of allylic oxidation sites excluding steroid dienone is 16. The maximum Gasteiger partial charge on any atom is 0.306 e. The van der Waals surface area contributed by atoms with Crippen molar-refractivity contribution >= 4 is 17.9 Å². The molecule has 0 bridgehead atoms. The number of hydrogen-bond donors (Lipinski definition) is 0. The van der Waals surface area contributed by atoms with Crippen molar-refractivity contribution < 1.29 is 28.6 Å². The van der Waals surface area contributed by atoms with Gasteiger partial charge in [-0.05, 0) is 96.3 Å². The first-order valence-corrected chi connectivity index (χ1v) is 35.2. The van der Waals surface area contributed by atoms with E-state index in [2.05, 4.69) is 118 Å². The summed E-state index contributed by atoms with van der Waals surface area (Å²) in [6.45, 7) is 6.43. The van der Waals surface area contributed by atoms with Crippen LogP contribution in [-0.2, 0) is 28.6 Å². The van der Waals surface area contributed by atoms with E-state index in [4.69, 9.17) is 14.2 Å². The minimum Gasteiger partial charge on any atom is -0.462 e. The van der Waals surface area contributed by atoms with Crippen LogP contribution in [0.1, 0.15) is 348 Å². The fourth-order valence-electron chi connectivity index (χ4n) is 10.1. The third-order valence-corrected chi connectivity index (χ3v) is 15.3. The van der Waals surface area contributed by atoms with Crippen LogP contribution in [0.5, 0.6) is 0 Å². The Morgan fingerprint density at radius 1 is 0.256 bits per heavy atom. The Balaban J connectivity index is 4.25. The number of rotatable bonds is 64. The van der Waals surface area contributed by atoms with Crippen LogP contribution in [0.25, 0.3) is 0 Å². The number of unbranched alkanes of at least 4 members (excludes halogenated alkanes) is 37. The molecule has 0 saturated heterocycles. The summed E-state index contributed by atoms with van der Waals surface area (Å²) in [5.41, 5.74) is 0. The molecule has 0 N–H and O–H groups in total. The highest BCUT2D eigenvalue weighted by Gasteiger charge is 2.19. The molecule has 1 unspecified atom stereocenters. The molecule has 6 heteroatoms. The Hall–Kier alpha value is -3.67. The number of carbonyl (C=O) groups excluding carboxylic acids is 3. The Morgan fingerprint density at radius 2 is 0.476 bits per heavy atom. The average Bonchev–Trinajstić information content (AvgIpc) is 3.47. The van der Waals surface area contributed by atoms with E-state index in [-0.39, 0.29) is 31.1 Å². The van der Waals surface area contributed by atoms with Crippen LogP contribution in [0.3, 0.4) is 0 Å². The van der Waals surface area contributed by atoms with Crippen LogP contribution < -0.4 is 0 Å². The van der Waals surface area contributed by atoms with Crippen LogP contribution in [0.4, 0.5) is 0 Å². The van der Waals surface area contributed by atoms with Gasteiger partial charge in [-0.3, -0.25) is 14.4 Å². The number of hydrogen-bond acceptors (Lipinski definition) is 6. The molecule has 0 aromatic carbocycles. The molecule has 1 atom stereocenters. The Kier molecular flexibility index (Phi) is 66.7. The molecule has 0 aliphatic carbocycles. The van der Waals surface area contributed by atoms with E-state index >= 15 is 0 Å². The third kappa shape index (κ3) is 67.1. The second kappa shape index (κ2) is 69.8. The van der Waals surface area contributed by atoms with E-state index in [1.165, 1.54) is 193 Å². The van der Waals surface area contributed by atoms with Crippen molar-refractivity contribution in [2.75, 3.05) is 13.2 Å². The van der Waals surface area contributed by atoms with Gasteiger partial charge in [0.25, 0.3) is 0 Å². The minimum absolute atomic E-state index is 0.0841. The quantitative estimate of drug-likeness (QED) is 0.0261. The van der Waals surface area contributed by atoms with Crippen LogP contribution in [-0.4, -0.2) is 37.2 Å². The zero-order valence-electron chi connectivity index (χ0n) is 54.2.